The van der Waals surface area contributed by atoms with E-state index in [0.717, 1.165) is 41.9 Å². The lowest BCUT2D eigenvalue weighted by Gasteiger charge is -2.28. The molecule has 4 heterocycles. The number of aliphatic hydroxyl groups is 1. The van der Waals surface area contributed by atoms with Gasteiger partial charge in [-0.05, 0) is 66.8 Å². The second-order valence-electron chi connectivity index (χ2n) is 8.32. The minimum Gasteiger partial charge on any atom is -0.391 e. The highest BCUT2D eigenvalue weighted by Gasteiger charge is 2.27. The van der Waals surface area contributed by atoms with Crippen molar-refractivity contribution < 1.29 is 14.6 Å². The Kier molecular flexibility index (Phi) is 5.98. The van der Waals surface area contributed by atoms with Gasteiger partial charge in [0.2, 0.25) is 0 Å². The van der Waals surface area contributed by atoms with Crippen LogP contribution in [0.3, 0.4) is 0 Å². The first-order valence-electron chi connectivity index (χ1n) is 11.1. The lowest BCUT2D eigenvalue weighted by atomic mass is 9.94. The molecular formula is C24H27N5O3. The molecule has 1 amide bonds. The summed E-state index contributed by atoms with van der Waals surface area (Å²) in [6.07, 6.45) is 5.21. The zero-order chi connectivity index (χ0) is 21.9. The summed E-state index contributed by atoms with van der Waals surface area (Å²) in [6.45, 7) is 2.38. The predicted octanol–water partition coefficient (Wildman–Crippen LogP) is 1.38. The van der Waals surface area contributed by atoms with Gasteiger partial charge in [-0.15, -0.1) is 0 Å². The fourth-order valence-electron chi connectivity index (χ4n) is 4.34. The number of aromatic nitrogens is 3. The summed E-state index contributed by atoms with van der Waals surface area (Å²) in [7, 11) is 0. The summed E-state index contributed by atoms with van der Waals surface area (Å²) in [5, 5.41) is 20.7. The van der Waals surface area contributed by atoms with Crippen molar-refractivity contribution >= 4 is 5.91 Å². The largest absolute Gasteiger partial charge is 0.391 e. The molecule has 8 heteroatoms. The first kappa shape index (κ1) is 20.8. The Morgan fingerprint density at radius 3 is 2.97 bits per heavy atom. The molecule has 2 aromatic heterocycles. The number of nitrogens with zero attached hydrogens (tertiary/aromatic N) is 3. The lowest BCUT2D eigenvalue weighted by molar-refractivity contribution is -0.0140. The quantitative estimate of drug-likeness (QED) is 0.562. The highest BCUT2D eigenvalue weighted by atomic mass is 16.5. The van der Waals surface area contributed by atoms with Crippen LogP contribution in [0.25, 0.3) is 5.69 Å². The number of benzene rings is 1. The normalized spacial score (nSPS) is 20.5. The molecule has 0 radical (unpaired) electrons. The highest BCUT2D eigenvalue weighted by molar-refractivity contribution is 5.93. The molecule has 0 spiro atoms. The number of carbonyl (C=O) groups excluding carboxylic acids is 1. The van der Waals surface area contributed by atoms with Gasteiger partial charge in [0.25, 0.3) is 5.91 Å². The van der Waals surface area contributed by atoms with Crippen molar-refractivity contribution in [3.05, 3.63) is 76.9 Å². The van der Waals surface area contributed by atoms with Crippen molar-refractivity contribution in [2.24, 2.45) is 0 Å². The molecule has 1 saturated heterocycles. The fraction of sp³-hybridized carbons (Fsp3) is 0.375. The molecule has 3 N–H and O–H groups in total. The topological polar surface area (TPSA) is 101 Å². The third kappa shape index (κ3) is 4.43. The Bertz CT molecular complexity index is 1080. The van der Waals surface area contributed by atoms with Gasteiger partial charge in [0.1, 0.15) is 5.69 Å². The van der Waals surface area contributed by atoms with E-state index in [1.165, 1.54) is 5.56 Å². The van der Waals surface area contributed by atoms with Gasteiger partial charge in [-0.1, -0.05) is 12.1 Å². The lowest BCUT2D eigenvalue weighted by Crippen LogP contribution is -2.49. The summed E-state index contributed by atoms with van der Waals surface area (Å²) >= 11 is 0. The second kappa shape index (κ2) is 9.20. The van der Waals surface area contributed by atoms with Gasteiger partial charge < -0.3 is 20.5 Å². The van der Waals surface area contributed by atoms with Crippen LogP contribution in [0.15, 0.2) is 48.8 Å². The van der Waals surface area contributed by atoms with Crippen molar-refractivity contribution in [3.63, 3.8) is 0 Å². The molecule has 166 valence electrons. The Morgan fingerprint density at radius 1 is 1.31 bits per heavy atom. The maximum atomic E-state index is 13.0. The maximum Gasteiger partial charge on any atom is 0.270 e. The average molecular weight is 434 g/mol. The fourth-order valence-corrected chi connectivity index (χ4v) is 4.34. The van der Waals surface area contributed by atoms with Gasteiger partial charge in [0.15, 0.2) is 0 Å². The molecule has 0 bridgehead atoms. The maximum absolute atomic E-state index is 13.0. The zero-order valence-electron chi connectivity index (χ0n) is 17.8. The second-order valence-corrected chi connectivity index (χ2v) is 8.32. The first-order valence-corrected chi connectivity index (χ1v) is 11.1. The number of hydrogen-bond acceptors (Lipinski definition) is 6. The highest BCUT2D eigenvalue weighted by Crippen LogP contribution is 2.23. The van der Waals surface area contributed by atoms with Crippen molar-refractivity contribution in [2.75, 3.05) is 19.8 Å². The van der Waals surface area contributed by atoms with Crippen LogP contribution in [0.2, 0.25) is 0 Å². The molecule has 0 saturated carbocycles. The number of hydrogen-bond donors (Lipinski definition) is 3. The van der Waals surface area contributed by atoms with Crippen LogP contribution in [0.4, 0.5) is 0 Å². The third-order valence-corrected chi connectivity index (χ3v) is 6.12. The molecule has 2 unspecified atom stereocenters. The van der Waals surface area contributed by atoms with E-state index in [1.54, 1.807) is 6.20 Å². The number of carbonyl (C=O) groups is 1. The number of ether oxygens (including phenoxy) is 1. The Labute approximate surface area is 186 Å². The molecule has 3 aromatic rings. The number of amides is 1. The Hall–Kier alpha value is -3.07. The van der Waals surface area contributed by atoms with Crippen molar-refractivity contribution in [3.8, 4) is 5.69 Å². The van der Waals surface area contributed by atoms with Crippen LogP contribution in [-0.4, -0.2) is 57.7 Å². The molecular weight excluding hydrogens is 406 g/mol. The summed E-state index contributed by atoms with van der Waals surface area (Å²) in [5.41, 5.74) is 5.82. The van der Waals surface area contributed by atoms with E-state index in [4.69, 9.17) is 4.74 Å². The number of nitrogens with one attached hydrogen (secondary N) is 2. The molecule has 2 atom stereocenters. The van der Waals surface area contributed by atoms with E-state index in [0.29, 0.717) is 31.9 Å². The van der Waals surface area contributed by atoms with Crippen LogP contribution in [-0.2, 0) is 24.1 Å². The Balaban J connectivity index is 1.39. The smallest absolute Gasteiger partial charge is 0.270 e. The zero-order valence-corrected chi connectivity index (χ0v) is 17.8. The third-order valence-electron chi connectivity index (χ3n) is 6.12. The van der Waals surface area contributed by atoms with Crippen molar-refractivity contribution in [2.45, 2.75) is 38.0 Å². The molecule has 2 aliphatic heterocycles. The first-order chi connectivity index (χ1) is 15.7. The van der Waals surface area contributed by atoms with Gasteiger partial charge in [0, 0.05) is 25.5 Å². The summed E-state index contributed by atoms with van der Waals surface area (Å²) in [5.74, 6) is -0.275. The van der Waals surface area contributed by atoms with Crippen LogP contribution >= 0.6 is 0 Å². The van der Waals surface area contributed by atoms with Crippen molar-refractivity contribution in [1.82, 2.24) is 25.4 Å². The van der Waals surface area contributed by atoms with E-state index in [2.05, 4.69) is 45.0 Å². The summed E-state index contributed by atoms with van der Waals surface area (Å²) < 4.78 is 7.24. The molecule has 1 aromatic carbocycles. The predicted molar refractivity (Wildman–Crippen MR) is 119 cm³/mol. The molecule has 0 aliphatic carbocycles. The molecule has 8 nitrogen and oxygen atoms in total. The molecule has 32 heavy (non-hydrogen) atoms. The Morgan fingerprint density at radius 2 is 2.19 bits per heavy atom. The van der Waals surface area contributed by atoms with Crippen LogP contribution in [0, 0.1) is 0 Å². The average Bonchev–Trinajstić information content (AvgIpc) is 3.36. The van der Waals surface area contributed by atoms with Gasteiger partial charge >= 0.3 is 0 Å². The van der Waals surface area contributed by atoms with E-state index in [-0.39, 0.29) is 5.91 Å². The van der Waals surface area contributed by atoms with Crippen LogP contribution in [0.1, 0.15) is 39.3 Å². The summed E-state index contributed by atoms with van der Waals surface area (Å²) in [6, 6.07) is 11.7. The van der Waals surface area contributed by atoms with Crippen LogP contribution in [0.5, 0.6) is 0 Å². The number of fused-ring (bicyclic) bond motifs is 1. The van der Waals surface area contributed by atoms with E-state index >= 15 is 0 Å². The van der Waals surface area contributed by atoms with E-state index in [9.17, 15) is 9.90 Å². The van der Waals surface area contributed by atoms with Gasteiger partial charge in [0.05, 0.1) is 30.1 Å². The van der Waals surface area contributed by atoms with Crippen LogP contribution < -0.4 is 10.6 Å². The minimum absolute atomic E-state index is 0.275. The van der Waals surface area contributed by atoms with E-state index < -0.39 is 12.1 Å². The van der Waals surface area contributed by atoms with Gasteiger partial charge in [-0.2, -0.15) is 5.10 Å². The standard InChI is InChI=1S/C24H27N5O3/c30-23-7-11-32-15-22(23)28-24(31)20-13-17(19-6-9-25-14-21(19)27-20)12-16-2-4-18(5-3-16)29-10-1-8-26-29/h1-5,8,10,13,22-23,25,30H,6-7,9,11-12,14-15H2,(H,28,31). The number of aliphatic hydroxyl groups excluding tert-OH is 1. The summed E-state index contributed by atoms with van der Waals surface area (Å²) in [4.78, 5) is 17.6. The molecule has 1 fully saturated rings. The molecule has 5 rings (SSSR count). The van der Waals surface area contributed by atoms with E-state index in [1.807, 2.05) is 23.0 Å². The minimum atomic E-state index is -0.597. The van der Waals surface area contributed by atoms with Crippen molar-refractivity contribution in [1.29, 1.82) is 0 Å². The number of rotatable bonds is 5. The molecule has 2 aliphatic rings. The van der Waals surface area contributed by atoms with Gasteiger partial charge in [-0.3, -0.25) is 4.79 Å². The number of pyridine rings is 1. The SMILES string of the molecule is O=C(NC1COCCC1O)c1cc(Cc2ccc(-n3cccn3)cc2)c2c(n1)CNCC2. The monoisotopic (exact) mass is 433 g/mol. The van der Waals surface area contributed by atoms with Gasteiger partial charge in [-0.25, -0.2) is 9.67 Å².